The number of halogens is 1. The Morgan fingerprint density at radius 1 is 1.25 bits per heavy atom. The Morgan fingerprint density at radius 2 is 2.00 bits per heavy atom. The second-order valence-electron chi connectivity index (χ2n) is 7.45. The van der Waals surface area contributed by atoms with Crippen molar-refractivity contribution in [2.45, 2.75) is 26.4 Å². The molecule has 0 radical (unpaired) electrons. The first kappa shape index (κ1) is 23.2. The molecule has 2 fully saturated rings. The van der Waals surface area contributed by atoms with E-state index in [2.05, 4.69) is 29.0 Å². The van der Waals surface area contributed by atoms with Crippen LogP contribution in [0.1, 0.15) is 20.3 Å². The summed E-state index contributed by atoms with van der Waals surface area (Å²) in [6.07, 6.45) is 1.28. The highest BCUT2D eigenvalue weighted by molar-refractivity contribution is 14.0. The van der Waals surface area contributed by atoms with Gasteiger partial charge in [-0.05, 0) is 38.3 Å². The zero-order valence-corrected chi connectivity index (χ0v) is 19.5. The number of nitrogens with one attached hydrogen (secondary N) is 1. The molecule has 1 aromatic rings. The van der Waals surface area contributed by atoms with Gasteiger partial charge in [0.2, 0.25) is 0 Å². The van der Waals surface area contributed by atoms with E-state index in [-0.39, 0.29) is 30.1 Å². The fraction of sp³-hybridized carbons (Fsp3) is 0.667. The molecule has 0 spiro atoms. The molecule has 158 valence electrons. The number of para-hydroxylation sites is 1. The lowest BCUT2D eigenvalue weighted by atomic mass is 10.1. The summed E-state index contributed by atoms with van der Waals surface area (Å²) in [5.74, 6) is 2.63. The number of nitrogens with zero attached hydrogens (tertiary/aromatic N) is 3. The lowest BCUT2D eigenvalue weighted by molar-refractivity contribution is 0.0315. The minimum Gasteiger partial charge on any atom is -0.489 e. The van der Waals surface area contributed by atoms with Crippen LogP contribution in [0.4, 0.5) is 0 Å². The molecule has 2 saturated heterocycles. The van der Waals surface area contributed by atoms with Gasteiger partial charge in [0, 0.05) is 39.3 Å². The van der Waals surface area contributed by atoms with E-state index in [4.69, 9.17) is 14.5 Å². The minimum absolute atomic E-state index is 0. The smallest absolute Gasteiger partial charge is 0.194 e. The summed E-state index contributed by atoms with van der Waals surface area (Å²) >= 11 is 0. The first-order valence-electron chi connectivity index (χ1n) is 10.3. The van der Waals surface area contributed by atoms with E-state index < -0.39 is 0 Å². The average Bonchev–Trinajstić information content (AvgIpc) is 3.15. The molecule has 0 bridgehead atoms. The molecular formula is C21H35IN4O2. The Morgan fingerprint density at radius 3 is 2.71 bits per heavy atom. The van der Waals surface area contributed by atoms with Crippen LogP contribution in [0.3, 0.4) is 0 Å². The summed E-state index contributed by atoms with van der Waals surface area (Å²) in [4.78, 5) is 9.79. The van der Waals surface area contributed by atoms with Crippen molar-refractivity contribution < 1.29 is 9.47 Å². The number of ether oxygens (including phenoxy) is 2. The van der Waals surface area contributed by atoms with Crippen LogP contribution < -0.4 is 10.1 Å². The predicted octanol–water partition coefficient (Wildman–Crippen LogP) is 2.69. The van der Waals surface area contributed by atoms with Crippen molar-refractivity contribution in [2.75, 3.05) is 59.0 Å². The molecule has 2 heterocycles. The van der Waals surface area contributed by atoms with Gasteiger partial charge in [0.15, 0.2) is 5.96 Å². The highest BCUT2D eigenvalue weighted by Crippen LogP contribution is 2.18. The number of likely N-dealkylation sites (tertiary alicyclic amines) is 1. The number of guanidine groups is 1. The molecule has 2 aliphatic heterocycles. The predicted molar refractivity (Wildman–Crippen MR) is 125 cm³/mol. The number of hydrogen-bond donors (Lipinski definition) is 1. The number of aliphatic imine (C=N–C) groups is 1. The number of hydrogen-bond acceptors (Lipinski definition) is 4. The van der Waals surface area contributed by atoms with Crippen molar-refractivity contribution >= 4 is 29.9 Å². The van der Waals surface area contributed by atoms with Gasteiger partial charge < -0.3 is 19.7 Å². The van der Waals surface area contributed by atoms with Crippen LogP contribution in [0.5, 0.6) is 5.75 Å². The highest BCUT2D eigenvalue weighted by atomic mass is 127. The molecule has 28 heavy (non-hydrogen) atoms. The van der Waals surface area contributed by atoms with E-state index >= 15 is 0 Å². The van der Waals surface area contributed by atoms with Crippen molar-refractivity contribution in [1.29, 1.82) is 0 Å². The van der Waals surface area contributed by atoms with E-state index in [0.29, 0.717) is 12.5 Å². The molecule has 1 aromatic carbocycles. The average molecular weight is 502 g/mol. The Bertz CT molecular complexity index is 581. The summed E-state index contributed by atoms with van der Waals surface area (Å²) in [6.45, 7) is 13.0. The van der Waals surface area contributed by atoms with E-state index in [0.717, 1.165) is 57.6 Å². The summed E-state index contributed by atoms with van der Waals surface area (Å²) in [7, 11) is 0. The van der Waals surface area contributed by atoms with Crippen LogP contribution >= 0.6 is 24.0 Å². The SMILES string of the molecule is CCNC(=NCC(C)Oc1ccccc1)N1CCC(CN2CCOCC2)C1.I. The van der Waals surface area contributed by atoms with Gasteiger partial charge in [0.05, 0.1) is 19.8 Å². The molecule has 1 N–H and O–H groups in total. The number of rotatable bonds is 7. The van der Waals surface area contributed by atoms with Gasteiger partial charge in [-0.1, -0.05) is 18.2 Å². The monoisotopic (exact) mass is 502 g/mol. The van der Waals surface area contributed by atoms with Gasteiger partial charge in [0.1, 0.15) is 11.9 Å². The molecule has 0 amide bonds. The van der Waals surface area contributed by atoms with Crippen molar-refractivity contribution in [2.24, 2.45) is 10.9 Å². The van der Waals surface area contributed by atoms with Gasteiger partial charge in [0.25, 0.3) is 0 Å². The third-order valence-corrected chi connectivity index (χ3v) is 5.12. The van der Waals surface area contributed by atoms with Crippen LogP contribution in [-0.4, -0.2) is 80.9 Å². The lowest BCUT2D eigenvalue weighted by Crippen LogP contribution is -2.42. The van der Waals surface area contributed by atoms with E-state index in [1.165, 1.54) is 13.0 Å². The molecule has 0 aliphatic carbocycles. The molecule has 2 unspecified atom stereocenters. The van der Waals surface area contributed by atoms with Crippen LogP contribution in [0, 0.1) is 5.92 Å². The summed E-state index contributed by atoms with van der Waals surface area (Å²) < 4.78 is 11.4. The molecule has 7 heteroatoms. The summed E-state index contributed by atoms with van der Waals surface area (Å²) in [6, 6.07) is 9.96. The first-order valence-corrected chi connectivity index (χ1v) is 10.3. The number of morpholine rings is 1. The zero-order chi connectivity index (χ0) is 18.9. The van der Waals surface area contributed by atoms with E-state index in [1.807, 2.05) is 30.3 Å². The maximum Gasteiger partial charge on any atom is 0.194 e. The first-order chi connectivity index (χ1) is 13.2. The Hall–Kier alpha value is -1.06. The lowest BCUT2D eigenvalue weighted by Gasteiger charge is -2.29. The molecule has 3 rings (SSSR count). The fourth-order valence-electron chi connectivity index (χ4n) is 3.73. The molecule has 2 aliphatic rings. The molecule has 6 nitrogen and oxygen atoms in total. The zero-order valence-electron chi connectivity index (χ0n) is 17.2. The van der Waals surface area contributed by atoms with Crippen molar-refractivity contribution in [3.63, 3.8) is 0 Å². The summed E-state index contributed by atoms with van der Waals surface area (Å²) in [5.41, 5.74) is 0. The third-order valence-electron chi connectivity index (χ3n) is 5.12. The normalized spacial score (nSPS) is 21.9. The van der Waals surface area contributed by atoms with E-state index in [9.17, 15) is 0 Å². The van der Waals surface area contributed by atoms with Gasteiger partial charge in [-0.15, -0.1) is 24.0 Å². The van der Waals surface area contributed by atoms with Crippen LogP contribution in [-0.2, 0) is 4.74 Å². The Labute approximate surface area is 186 Å². The maximum absolute atomic E-state index is 5.96. The standard InChI is InChI=1S/C21H34N4O2.HI/c1-3-22-21(23-15-18(2)27-20-7-5-4-6-8-20)25-10-9-19(17-25)16-24-11-13-26-14-12-24;/h4-8,18-19H,3,9-17H2,1-2H3,(H,22,23);1H. The summed E-state index contributed by atoms with van der Waals surface area (Å²) in [5, 5.41) is 3.45. The van der Waals surface area contributed by atoms with Crippen molar-refractivity contribution in [1.82, 2.24) is 15.1 Å². The largest absolute Gasteiger partial charge is 0.489 e. The van der Waals surface area contributed by atoms with Gasteiger partial charge in [-0.3, -0.25) is 4.90 Å². The van der Waals surface area contributed by atoms with E-state index in [1.54, 1.807) is 0 Å². The van der Waals surface area contributed by atoms with Crippen LogP contribution in [0.25, 0.3) is 0 Å². The van der Waals surface area contributed by atoms with Gasteiger partial charge >= 0.3 is 0 Å². The quantitative estimate of drug-likeness (QED) is 0.353. The molecule has 0 aromatic heterocycles. The molecular weight excluding hydrogens is 467 g/mol. The van der Waals surface area contributed by atoms with Crippen LogP contribution in [0.2, 0.25) is 0 Å². The fourth-order valence-corrected chi connectivity index (χ4v) is 3.73. The van der Waals surface area contributed by atoms with Crippen molar-refractivity contribution in [3.8, 4) is 5.75 Å². The maximum atomic E-state index is 5.96. The Kier molecular flexibility index (Phi) is 10.4. The third kappa shape index (κ3) is 7.40. The van der Waals surface area contributed by atoms with Crippen LogP contribution in [0.15, 0.2) is 35.3 Å². The Balaban J connectivity index is 0.00000280. The number of benzene rings is 1. The highest BCUT2D eigenvalue weighted by Gasteiger charge is 2.27. The van der Waals surface area contributed by atoms with Crippen molar-refractivity contribution in [3.05, 3.63) is 30.3 Å². The molecule has 2 atom stereocenters. The second-order valence-corrected chi connectivity index (χ2v) is 7.45. The molecule has 0 saturated carbocycles. The van der Waals surface area contributed by atoms with Gasteiger partial charge in [-0.25, -0.2) is 4.99 Å². The minimum atomic E-state index is 0. The topological polar surface area (TPSA) is 49.3 Å². The van der Waals surface area contributed by atoms with Gasteiger partial charge in [-0.2, -0.15) is 0 Å². The second kappa shape index (κ2) is 12.5.